The zero-order chi connectivity index (χ0) is 13.7. The number of aliphatic carboxylic acids is 1. The fraction of sp³-hybridized carbons (Fsp3) is 0.333. The predicted octanol–water partition coefficient (Wildman–Crippen LogP) is 1.47. The van der Waals surface area contributed by atoms with Crippen molar-refractivity contribution in [2.24, 2.45) is 0 Å². The van der Waals surface area contributed by atoms with E-state index in [1.54, 1.807) is 6.92 Å². The van der Waals surface area contributed by atoms with E-state index in [0.29, 0.717) is 6.42 Å². The lowest BCUT2D eigenvalue weighted by Crippen LogP contribution is -2.36. The third-order valence-corrected chi connectivity index (χ3v) is 2.31. The summed E-state index contributed by atoms with van der Waals surface area (Å²) in [6.07, 6.45) is 0.536. The average Bonchev–Trinajstić information content (AvgIpc) is 2.27. The van der Waals surface area contributed by atoms with Crippen molar-refractivity contribution in [3.63, 3.8) is 0 Å². The number of phenolic OH excluding ortho intramolecular Hbond substituents is 1. The van der Waals surface area contributed by atoms with E-state index >= 15 is 0 Å². The first kappa shape index (κ1) is 14.0. The number of benzene rings is 1. The van der Waals surface area contributed by atoms with E-state index in [2.05, 4.69) is 0 Å². The lowest BCUT2D eigenvalue weighted by atomic mass is 10.1. The van der Waals surface area contributed by atoms with Crippen LogP contribution >= 0.6 is 0 Å². The first-order valence-electron chi connectivity index (χ1n) is 5.46. The molecule has 0 aliphatic rings. The second kappa shape index (κ2) is 6.00. The van der Waals surface area contributed by atoms with Gasteiger partial charge in [-0.1, -0.05) is 13.0 Å². The number of rotatable bonds is 5. The lowest BCUT2D eigenvalue weighted by Gasteiger charge is -2.20. The van der Waals surface area contributed by atoms with Crippen LogP contribution in [0, 0.1) is 5.82 Å². The molecule has 0 bridgehead atoms. The van der Waals surface area contributed by atoms with Crippen LogP contribution in [0.2, 0.25) is 0 Å². The van der Waals surface area contributed by atoms with Gasteiger partial charge in [0, 0.05) is 6.54 Å². The van der Waals surface area contributed by atoms with E-state index in [0.717, 1.165) is 11.0 Å². The highest BCUT2D eigenvalue weighted by Gasteiger charge is 2.23. The molecule has 0 unspecified atom stereocenters. The molecule has 0 spiro atoms. The number of hydrogen-bond donors (Lipinski definition) is 2. The van der Waals surface area contributed by atoms with Crippen LogP contribution in [0.1, 0.15) is 23.7 Å². The molecular weight excluding hydrogens is 241 g/mol. The van der Waals surface area contributed by atoms with Crippen LogP contribution in [0.4, 0.5) is 4.39 Å². The monoisotopic (exact) mass is 255 g/mol. The Morgan fingerprint density at radius 1 is 1.39 bits per heavy atom. The topological polar surface area (TPSA) is 77.8 Å². The van der Waals surface area contributed by atoms with Crippen LogP contribution in [0.5, 0.6) is 5.75 Å². The number of carbonyl (C=O) groups is 2. The Morgan fingerprint density at radius 3 is 2.56 bits per heavy atom. The largest absolute Gasteiger partial charge is 0.507 e. The first-order chi connectivity index (χ1) is 8.47. The normalized spacial score (nSPS) is 10.1. The smallest absolute Gasteiger partial charge is 0.323 e. The highest BCUT2D eigenvalue weighted by atomic mass is 19.1. The summed E-state index contributed by atoms with van der Waals surface area (Å²) in [4.78, 5) is 23.6. The zero-order valence-electron chi connectivity index (χ0n) is 9.89. The van der Waals surface area contributed by atoms with E-state index in [-0.39, 0.29) is 6.54 Å². The Labute approximate surface area is 103 Å². The molecule has 0 atom stereocenters. The molecule has 0 fully saturated rings. The standard InChI is InChI=1S/C12H14FNO4/c1-2-6-14(7-10(16)17)12(18)11-8(13)4-3-5-9(11)15/h3-5,15H,2,6-7H2,1H3,(H,16,17). The summed E-state index contributed by atoms with van der Waals surface area (Å²) in [6.45, 7) is 1.42. The van der Waals surface area contributed by atoms with Crippen LogP contribution in [-0.2, 0) is 4.79 Å². The molecule has 2 N–H and O–H groups in total. The van der Waals surface area contributed by atoms with Crippen molar-refractivity contribution < 1.29 is 24.2 Å². The van der Waals surface area contributed by atoms with Crippen molar-refractivity contribution in [1.29, 1.82) is 0 Å². The fourth-order valence-corrected chi connectivity index (χ4v) is 1.57. The summed E-state index contributed by atoms with van der Waals surface area (Å²) < 4.78 is 13.5. The maximum absolute atomic E-state index is 13.5. The molecule has 98 valence electrons. The summed E-state index contributed by atoms with van der Waals surface area (Å²) in [7, 11) is 0. The van der Waals surface area contributed by atoms with Crippen LogP contribution in [0.25, 0.3) is 0 Å². The number of aromatic hydroxyl groups is 1. The SMILES string of the molecule is CCCN(CC(=O)O)C(=O)c1c(O)cccc1F. The Kier molecular flexibility index (Phi) is 4.65. The van der Waals surface area contributed by atoms with Crippen molar-refractivity contribution in [2.75, 3.05) is 13.1 Å². The van der Waals surface area contributed by atoms with Crippen LogP contribution in [0.15, 0.2) is 18.2 Å². The molecule has 0 heterocycles. The Morgan fingerprint density at radius 2 is 2.06 bits per heavy atom. The summed E-state index contributed by atoms with van der Waals surface area (Å²) >= 11 is 0. The molecule has 1 rings (SSSR count). The molecule has 0 aliphatic carbocycles. The van der Waals surface area contributed by atoms with Gasteiger partial charge in [-0.05, 0) is 18.6 Å². The molecule has 6 heteroatoms. The molecule has 5 nitrogen and oxygen atoms in total. The van der Waals surface area contributed by atoms with E-state index in [4.69, 9.17) is 5.11 Å². The molecule has 0 aromatic heterocycles. The van der Waals surface area contributed by atoms with Crippen molar-refractivity contribution in [3.8, 4) is 5.75 Å². The maximum Gasteiger partial charge on any atom is 0.323 e. The lowest BCUT2D eigenvalue weighted by molar-refractivity contribution is -0.137. The van der Waals surface area contributed by atoms with Crippen LogP contribution < -0.4 is 0 Å². The van der Waals surface area contributed by atoms with Gasteiger partial charge in [0.15, 0.2) is 0 Å². The van der Waals surface area contributed by atoms with Gasteiger partial charge in [-0.15, -0.1) is 0 Å². The van der Waals surface area contributed by atoms with E-state index < -0.39 is 35.6 Å². The average molecular weight is 255 g/mol. The van der Waals surface area contributed by atoms with E-state index in [1.165, 1.54) is 12.1 Å². The molecule has 0 saturated heterocycles. The van der Waals surface area contributed by atoms with Gasteiger partial charge in [-0.2, -0.15) is 0 Å². The highest BCUT2D eigenvalue weighted by molar-refractivity contribution is 5.98. The minimum absolute atomic E-state index is 0.179. The zero-order valence-corrected chi connectivity index (χ0v) is 9.89. The van der Waals surface area contributed by atoms with Gasteiger partial charge in [0.25, 0.3) is 5.91 Å². The number of carboxylic acid groups (broad SMARTS) is 1. The molecule has 0 aliphatic heterocycles. The summed E-state index contributed by atoms with van der Waals surface area (Å²) in [6, 6.07) is 3.49. The van der Waals surface area contributed by atoms with Crippen LogP contribution in [-0.4, -0.2) is 40.1 Å². The minimum Gasteiger partial charge on any atom is -0.507 e. The predicted molar refractivity (Wildman–Crippen MR) is 61.9 cm³/mol. The molecule has 1 aromatic carbocycles. The van der Waals surface area contributed by atoms with E-state index in [1.807, 2.05) is 0 Å². The number of hydrogen-bond acceptors (Lipinski definition) is 3. The van der Waals surface area contributed by atoms with Gasteiger partial charge in [0.1, 0.15) is 23.7 Å². The molecule has 1 aromatic rings. The van der Waals surface area contributed by atoms with Crippen LogP contribution in [0.3, 0.4) is 0 Å². The van der Waals surface area contributed by atoms with Gasteiger partial charge in [-0.25, -0.2) is 4.39 Å². The molecule has 1 amide bonds. The molecule has 18 heavy (non-hydrogen) atoms. The van der Waals surface area contributed by atoms with E-state index in [9.17, 15) is 19.1 Å². The number of amides is 1. The van der Waals surface area contributed by atoms with Crippen molar-refractivity contribution in [1.82, 2.24) is 4.90 Å². The number of carboxylic acids is 1. The van der Waals surface area contributed by atoms with Crippen molar-refractivity contribution in [3.05, 3.63) is 29.6 Å². The second-order valence-corrected chi connectivity index (χ2v) is 3.75. The first-order valence-corrected chi connectivity index (χ1v) is 5.46. The number of carbonyl (C=O) groups excluding carboxylic acids is 1. The molecule has 0 radical (unpaired) electrons. The molecular formula is C12H14FNO4. The second-order valence-electron chi connectivity index (χ2n) is 3.75. The van der Waals surface area contributed by atoms with Gasteiger partial charge in [0.2, 0.25) is 0 Å². The van der Waals surface area contributed by atoms with Gasteiger partial charge in [0.05, 0.1) is 0 Å². The minimum atomic E-state index is -1.19. The van der Waals surface area contributed by atoms with Gasteiger partial charge < -0.3 is 15.1 Å². The maximum atomic E-state index is 13.5. The Hall–Kier alpha value is -2.11. The molecule has 0 saturated carbocycles. The third-order valence-electron chi connectivity index (χ3n) is 2.31. The Balaban J connectivity index is 3.05. The number of halogens is 1. The highest BCUT2D eigenvalue weighted by Crippen LogP contribution is 2.21. The fourth-order valence-electron chi connectivity index (χ4n) is 1.57. The summed E-state index contributed by atoms with van der Waals surface area (Å²) in [5.41, 5.74) is -0.493. The third kappa shape index (κ3) is 3.19. The van der Waals surface area contributed by atoms with Crippen molar-refractivity contribution >= 4 is 11.9 Å². The van der Waals surface area contributed by atoms with Gasteiger partial charge in [-0.3, -0.25) is 9.59 Å². The Bertz CT molecular complexity index is 441. The quantitative estimate of drug-likeness (QED) is 0.835. The van der Waals surface area contributed by atoms with Crippen molar-refractivity contribution in [2.45, 2.75) is 13.3 Å². The number of phenols is 1. The summed E-state index contributed by atoms with van der Waals surface area (Å²) in [5.74, 6) is -3.37. The van der Waals surface area contributed by atoms with Gasteiger partial charge >= 0.3 is 5.97 Å². The summed E-state index contributed by atoms with van der Waals surface area (Å²) in [5, 5.41) is 18.2. The number of nitrogens with zero attached hydrogens (tertiary/aromatic N) is 1.